The van der Waals surface area contributed by atoms with Crippen molar-refractivity contribution in [2.75, 3.05) is 32.9 Å². The summed E-state index contributed by atoms with van der Waals surface area (Å²) in [4.78, 5) is 0. The molecule has 0 aliphatic carbocycles. The van der Waals surface area contributed by atoms with Gasteiger partial charge >= 0.3 is 0 Å². The Morgan fingerprint density at radius 3 is 2.81 bits per heavy atom. The zero-order valence-electron chi connectivity index (χ0n) is 11.0. The molecule has 0 saturated carbocycles. The van der Waals surface area contributed by atoms with E-state index in [1.165, 1.54) is 0 Å². The molecule has 3 nitrogen and oxygen atoms in total. The summed E-state index contributed by atoms with van der Waals surface area (Å²) in [6.45, 7) is 11.4. The van der Waals surface area contributed by atoms with Gasteiger partial charge in [-0.3, -0.25) is 0 Å². The van der Waals surface area contributed by atoms with E-state index in [1.54, 1.807) is 0 Å². The van der Waals surface area contributed by atoms with Gasteiger partial charge in [0.15, 0.2) is 0 Å². The molecule has 2 atom stereocenters. The van der Waals surface area contributed by atoms with Crippen LogP contribution in [0.15, 0.2) is 0 Å². The van der Waals surface area contributed by atoms with E-state index in [-0.39, 0.29) is 0 Å². The minimum absolute atomic E-state index is 0.361. The molecule has 2 unspecified atom stereocenters. The maximum atomic E-state index is 5.81. The van der Waals surface area contributed by atoms with Crippen LogP contribution in [0.5, 0.6) is 0 Å². The van der Waals surface area contributed by atoms with Gasteiger partial charge in [-0.25, -0.2) is 0 Å². The lowest BCUT2D eigenvalue weighted by atomic mass is 10.1. The average Bonchev–Trinajstić information content (AvgIpc) is 2.74. The second-order valence-corrected chi connectivity index (χ2v) is 5.26. The third-order valence-electron chi connectivity index (χ3n) is 2.92. The monoisotopic (exact) mass is 229 g/mol. The fourth-order valence-electron chi connectivity index (χ4n) is 1.79. The normalized spacial score (nSPS) is 22.9. The standard InChI is InChI=1S/C13H27NO2/c1-11(2)8-14-6-4-12(3)16-10-13-5-7-15-9-13/h11-14H,4-10H2,1-3H3. The molecule has 96 valence electrons. The first-order chi connectivity index (χ1) is 7.68. The molecule has 1 aliphatic rings. The summed E-state index contributed by atoms with van der Waals surface area (Å²) in [5, 5.41) is 3.44. The van der Waals surface area contributed by atoms with Crippen molar-refractivity contribution in [2.24, 2.45) is 11.8 Å². The van der Waals surface area contributed by atoms with Gasteiger partial charge in [-0.05, 0) is 38.8 Å². The van der Waals surface area contributed by atoms with E-state index in [2.05, 4.69) is 26.1 Å². The van der Waals surface area contributed by atoms with Gasteiger partial charge in [0.25, 0.3) is 0 Å². The minimum Gasteiger partial charge on any atom is -0.381 e. The lowest BCUT2D eigenvalue weighted by molar-refractivity contribution is 0.0323. The van der Waals surface area contributed by atoms with Crippen LogP contribution >= 0.6 is 0 Å². The third-order valence-corrected chi connectivity index (χ3v) is 2.92. The second-order valence-electron chi connectivity index (χ2n) is 5.26. The predicted octanol–water partition coefficient (Wildman–Crippen LogP) is 2.06. The van der Waals surface area contributed by atoms with Crippen molar-refractivity contribution in [2.45, 2.75) is 39.7 Å². The van der Waals surface area contributed by atoms with Crippen LogP contribution in [0.1, 0.15) is 33.6 Å². The summed E-state index contributed by atoms with van der Waals surface area (Å²) in [5.74, 6) is 1.36. The van der Waals surface area contributed by atoms with Gasteiger partial charge in [-0.15, -0.1) is 0 Å². The number of nitrogens with one attached hydrogen (secondary N) is 1. The summed E-state index contributed by atoms with van der Waals surface area (Å²) >= 11 is 0. The molecule has 1 N–H and O–H groups in total. The highest BCUT2D eigenvalue weighted by Crippen LogP contribution is 2.13. The first-order valence-electron chi connectivity index (χ1n) is 6.58. The van der Waals surface area contributed by atoms with Crippen LogP contribution < -0.4 is 5.32 Å². The van der Waals surface area contributed by atoms with E-state index in [1.807, 2.05) is 0 Å². The van der Waals surface area contributed by atoms with Gasteiger partial charge in [0.05, 0.1) is 19.3 Å². The average molecular weight is 229 g/mol. The molecule has 1 aliphatic heterocycles. The molecule has 0 aromatic rings. The minimum atomic E-state index is 0.361. The van der Waals surface area contributed by atoms with Crippen molar-refractivity contribution in [1.29, 1.82) is 0 Å². The molecule has 3 heteroatoms. The predicted molar refractivity (Wildman–Crippen MR) is 66.7 cm³/mol. The Balaban J connectivity index is 1.91. The SMILES string of the molecule is CC(C)CNCCC(C)OCC1CCOC1. The van der Waals surface area contributed by atoms with Gasteiger partial charge in [-0.2, -0.15) is 0 Å². The smallest absolute Gasteiger partial charge is 0.0559 e. The van der Waals surface area contributed by atoms with Gasteiger partial charge in [0.1, 0.15) is 0 Å². The van der Waals surface area contributed by atoms with E-state index in [4.69, 9.17) is 9.47 Å². The molecule has 1 heterocycles. The van der Waals surface area contributed by atoms with Crippen LogP contribution in [0.25, 0.3) is 0 Å². The van der Waals surface area contributed by atoms with E-state index in [0.717, 1.165) is 51.7 Å². The van der Waals surface area contributed by atoms with Crippen molar-refractivity contribution < 1.29 is 9.47 Å². The molecule has 0 bridgehead atoms. The third kappa shape index (κ3) is 6.46. The second kappa shape index (κ2) is 8.04. The number of hydrogen-bond donors (Lipinski definition) is 1. The summed E-state index contributed by atoms with van der Waals surface area (Å²) in [6.07, 6.45) is 2.62. The Labute approximate surface area is 99.9 Å². The molecule has 0 amide bonds. The van der Waals surface area contributed by atoms with Gasteiger partial charge in [-0.1, -0.05) is 13.8 Å². The number of hydrogen-bond acceptors (Lipinski definition) is 3. The van der Waals surface area contributed by atoms with Gasteiger partial charge in [0.2, 0.25) is 0 Å². The highest BCUT2D eigenvalue weighted by atomic mass is 16.5. The van der Waals surface area contributed by atoms with Crippen LogP contribution in [0.4, 0.5) is 0 Å². The molecule has 16 heavy (non-hydrogen) atoms. The first kappa shape index (κ1) is 13.9. The maximum absolute atomic E-state index is 5.81. The molecular weight excluding hydrogens is 202 g/mol. The number of ether oxygens (including phenoxy) is 2. The van der Waals surface area contributed by atoms with Crippen LogP contribution in [-0.4, -0.2) is 39.0 Å². The quantitative estimate of drug-likeness (QED) is 0.646. The Hall–Kier alpha value is -0.120. The summed E-state index contributed by atoms with van der Waals surface area (Å²) in [6, 6.07) is 0. The largest absolute Gasteiger partial charge is 0.381 e. The molecule has 0 aromatic heterocycles. The highest BCUT2D eigenvalue weighted by molar-refractivity contribution is 4.64. The molecule has 1 rings (SSSR count). The Bertz CT molecular complexity index is 167. The van der Waals surface area contributed by atoms with Crippen molar-refractivity contribution >= 4 is 0 Å². The van der Waals surface area contributed by atoms with Crippen LogP contribution in [0, 0.1) is 11.8 Å². The fourth-order valence-corrected chi connectivity index (χ4v) is 1.79. The maximum Gasteiger partial charge on any atom is 0.0559 e. The van der Waals surface area contributed by atoms with Crippen LogP contribution in [-0.2, 0) is 9.47 Å². The lowest BCUT2D eigenvalue weighted by Crippen LogP contribution is -2.25. The number of rotatable bonds is 8. The topological polar surface area (TPSA) is 30.5 Å². The van der Waals surface area contributed by atoms with E-state index < -0.39 is 0 Å². The van der Waals surface area contributed by atoms with Crippen LogP contribution in [0.2, 0.25) is 0 Å². The zero-order chi connectivity index (χ0) is 11.8. The summed E-state index contributed by atoms with van der Waals surface area (Å²) < 4.78 is 11.1. The van der Waals surface area contributed by atoms with Crippen LogP contribution in [0.3, 0.4) is 0 Å². The van der Waals surface area contributed by atoms with E-state index in [9.17, 15) is 0 Å². The van der Waals surface area contributed by atoms with E-state index in [0.29, 0.717) is 12.0 Å². The Morgan fingerprint density at radius 2 is 2.19 bits per heavy atom. The van der Waals surface area contributed by atoms with Crippen molar-refractivity contribution in [3.8, 4) is 0 Å². The zero-order valence-corrected chi connectivity index (χ0v) is 11.0. The molecular formula is C13H27NO2. The molecule has 0 spiro atoms. The lowest BCUT2D eigenvalue weighted by Gasteiger charge is -2.16. The summed E-state index contributed by atoms with van der Waals surface area (Å²) in [7, 11) is 0. The highest BCUT2D eigenvalue weighted by Gasteiger charge is 2.16. The summed E-state index contributed by atoms with van der Waals surface area (Å²) in [5.41, 5.74) is 0. The molecule has 0 radical (unpaired) electrons. The molecule has 1 fully saturated rings. The van der Waals surface area contributed by atoms with Gasteiger partial charge in [0, 0.05) is 12.5 Å². The van der Waals surface area contributed by atoms with Crippen molar-refractivity contribution in [3.05, 3.63) is 0 Å². The molecule has 1 saturated heterocycles. The fraction of sp³-hybridized carbons (Fsp3) is 1.00. The van der Waals surface area contributed by atoms with E-state index >= 15 is 0 Å². The van der Waals surface area contributed by atoms with Crippen molar-refractivity contribution in [3.63, 3.8) is 0 Å². The Morgan fingerprint density at radius 1 is 1.38 bits per heavy atom. The van der Waals surface area contributed by atoms with Crippen molar-refractivity contribution in [1.82, 2.24) is 5.32 Å². The first-order valence-corrected chi connectivity index (χ1v) is 6.58. The molecule has 0 aromatic carbocycles. The Kier molecular flexibility index (Phi) is 7.01. The van der Waals surface area contributed by atoms with Gasteiger partial charge < -0.3 is 14.8 Å².